The van der Waals surface area contributed by atoms with Crippen LogP contribution in [0, 0.1) is 11.3 Å². The number of rotatable bonds is 0. The third kappa shape index (κ3) is 2.15. The van der Waals surface area contributed by atoms with E-state index in [0.29, 0.717) is 11.8 Å². The fourth-order valence-electron chi connectivity index (χ4n) is 4.59. The lowest BCUT2D eigenvalue weighted by Crippen LogP contribution is -2.28. The molecule has 2 aromatic carbocycles. The van der Waals surface area contributed by atoms with Crippen molar-refractivity contribution in [1.82, 2.24) is 4.98 Å². The van der Waals surface area contributed by atoms with Gasteiger partial charge in [0.25, 0.3) is 0 Å². The molecule has 0 amide bonds. The quantitative estimate of drug-likeness (QED) is 0.449. The summed E-state index contributed by atoms with van der Waals surface area (Å²) in [5.41, 5.74) is 4.12. The van der Waals surface area contributed by atoms with Gasteiger partial charge in [-0.25, -0.2) is 0 Å². The second-order valence-electron chi connectivity index (χ2n) is 7.97. The molecule has 2 aliphatic carbocycles. The van der Waals surface area contributed by atoms with Gasteiger partial charge in [0, 0.05) is 28.4 Å². The SMILES string of the molecule is CC1(C)C2C=Cc3[nH]c4cc5ccccc5cc4c3C1/C=C\C/C=C\2. The molecule has 2 unspecified atom stereocenters. The van der Waals surface area contributed by atoms with Crippen molar-refractivity contribution < 1.29 is 0 Å². The first kappa shape index (κ1) is 14.8. The van der Waals surface area contributed by atoms with E-state index in [1.54, 1.807) is 0 Å². The summed E-state index contributed by atoms with van der Waals surface area (Å²) in [6, 6.07) is 13.3. The summed E-state index contributed by atoms with van der Waals surface area (Å²) in [6.07, 6.45) is 15.2. The maximum Gasteiger partial charge on any atom is 0.0468 e. The smallest absolute Gasteiger partial charge is 0.0468 e. The topological polar surface area (TPSA) is 15.8 Å². The molecule has 2 aliphatic rings. The molecule has 1 aromatic heterocycles. The van der Waals surface area contributed by atoms with Crippen LogP contribution in [-0.2, 0) is 0 Å². The van der Waals surface area contributed by atoms with E-state index in [2.05, 4.69) is 91.7 Å². The molecular weight excluding hydrogens is 302 g/mol. The Morgan fingerprint density at radius 2 is 1.72 bits per heavy atom. The second kappa shape index (κ2) is 5.23. The Kier molecular flexibility index (Phi) is 3.09. The van der Waals surface area contributed by atoms with Crippen LogP contribution in [0.5, 0.6) is 0 Å². The van der Waals surface area contributed by atoms with Gasteiger partial charge in [0.2, 0.25) is 0 Å². The summed E-state index contributed by atoms with van der Waals surface area (Å²) in [4.78, 5) is 3.69. The van der Waals surface area contributed by atoms with Gasteiger partial charge in [-0.2, -0.15) is 0 Å². The van der Waals surface area contributed by atoms with Crippen LogP contribution in [0.3, 0.4) is 0 Å². The largest absolute Gasteiger partial charge is 0.355 e. The first-order chi connectivity index (χ1) is 12.1. The average molecular weight is 325 g/mol. The van der Waals surface area contributed by atoms with E-state index in [-0.39, 0.29) is 5.41 Å². The van der Waals surface area contributed by atoms with Crippen LogP contribution >= 0.6 is 0 Å². The Balaban J connectivity index is 1.85. The predicted molar refractivity (Wildman–Crippen MR) is 108 cm³/mol. The minimum absolute atomic E-state index is 0.149. The highest BCUT2D eigenvalue weighted by Gasteiger charge is 2.38. The summed E-state index contributed by atoms with van der Waals surface area (Å²) in [6.45, 7) is 4.81. The number of aromatic nitrogens is 1. The highest BCUT2D eigenvalue weighted by molar-refractivity contribution is 6.00. The lowest BCUT2D eigenvalue weighted by atomic mass is 9.66. The number of benzene rings is 2. The number of hydrogen-bond acceptors (Lipinski definition) is 0. The van der Waals surface area contributed by atoms with Gasteiger partial charge in [-0.05, 0) is 46.4 Å². The van der Waals surface area contributed by atoms with Crippen molar-refractivity contribution in [2.24, 2.45) is 11.3 Å². The number of aromatic amines is 1. The van der Waals surface area contributed by atoms with Crippen molar-refractivity contribution >= 4 is 27.8 Å². The molecule has 2 atom stereocenters. The normalized spacial score (nSPS) is 26.6. The van der Waals surface area contributed by atoms with E-state index >= 15 is 0 Å². The summed E-state index contributed by atoms with van der Waals surface area (Å²) in [5.74, 6) is 0.862. The van der Waals surface area contributed by atoms with Crippen molar-refractivity contribution in [2.45, 2.75) is 26.2 Å². The standard InChI is InChI=1S/C24H23N/c1-24(2)18-10-4-3-5-11-20(24)23-19-14-16-8-6-7-9-17(16)15-22(19)25-21(23)13-12-18/h4-15,18,20,25H,3H2,1-2H3/b10-4-,11-5-. The van der Waals surface area contributed by atoms with Crippen LogP contribution in [-0.4, -0.2) is 4.98 Å². The Hall–Kier alpha value is -2.54. The highest BCUT2D eigenvalue weighted by Crippen LogP contribution is 2.50. The number of H-pyrrole nitrogens is 1. The first-order valence-corrected chi connectivity index (χ1v) is 9.20. The van der Waals surface area contributed by atoms with Gasteiger partial charge in [0.15, 0.2) is 0 Å². The molecule has 1 nitrogen and oxygen atoms in total. The van der Waals surface area contributed by atoms with Crippen molar-refractivity contribution in [3.63, 3.8) is 0 Å². The number of fused-ring (bicyclic) bond motifs is 7. The molecule has 1 heteroatoms. The Bertz CT molecular complexity index is 1060. The zero-order chi connectivity index (χ0) is 17.0. The van der Waals surface area contributed by atoms with Crippen molar-refractivity contribution in [2.75, 3.05) is 0 Å². The second-order valence-corrected chi connectivity index (χ2v) is 7.97. The molecule has 0 fully saturated rings. The fourth-order valence-corrected chi connectivity index (χ4v) is 4.59. The number of nitrogens with one attached hydrogen (secondary N) is 1. The molecule has 25 heavy (non-hydrogen) atoms. The van der Waals surface area contributed by atoms with Crippen LogP contribution in [0.25, 0.3) is 27.8 Å². The summed E-state index contributed by atoms with van der Waals surface area (Å²) >= 11 is 0. The maximum absolute atomic E-state index is 3.69. The van der Waals surface area contributed by atoms with E-state index in [0.717, 1.165) is 6.42 Å². The monoisotopic (exact) mass is 325 g/mol. The van der Waals surface area contributed by atoms with E-state index < -0.39 is 0 Å². The van der Waals surface area contributed by atoms with Gasteiger partial charge in [-0.3, -0.25) is 0 Å². The Morgan fingerprint density at radius 1 is 0.960 bits per heavy atom. The van der Waals surface area contributed by atoms with Crippen LogP contribution in [0.4, 0.5) is 0 Å². The van der Waals surface area contributed by atoms with E-state index in [1.807, 2.05) is 0 Å². The molecular formula is C24H23N. The van der Waals surface area contributed by atoms with Crippen LogP contribution < -0.4 is 0 Å². The van der Waals surface area contributed by atoms with Gasteiger partial charge in [0.1, 0.15) is 0 Å². The average Bonchev–Trinajstić information content (AvgIpc) is 2.87. The Labute approximate surface area is 148 Å². The van der Waals surface area contributed by atoms with Gasteiger partial charge in [0.05, 0.1) is 0 Å². The minimum atomic E-state index is 0.149. The van der Waals surface area contributed by atoms with Gasteiger partial charge >= 0.3 is 0 Å². The zero-order valence-electron chi connectivity index (χ0n) is 14.8. The van der Waals surface area contributed by atoms with Crippen molar-refractivity contribution in [3.8, 4) is 0 Å². The molecule has 0 spiro atoms. The lowest BCUT2D eigenvalue weighted by Gasteiger charge is -2.37. The van der Waals surface area contributed by atoms with Gasteiger partial charge < -0.3 is 4.98 Å². The maximum atomic E-state index is 3.69. The third-order valence-electron chi connectivity index (χ3n) is 6.12. The number of hydrogen-bond donors (Lipinski definition) is 1. The van der Waals surface area contributed by atoms with Crippen LogP contribution in [0.2, 0.25) is 0 Å². The molecule has 1 heterocycles. The molecule has 0 aliphatic heterocycles. The molecule has 1 N–H and O–H groups in total. The van der Waals surface area contributed by atoms with E-state index in [1.165, 1.54) is 32.9 Å². The predicted octanol–water partition coefficient (Wildman–Crippen LogP) is 6.59. The third-order valence-corrected chi connectivity index (χ3v) is 6.12. The summed E-state index contributed by atoms with van der Waals surface area (Å²) in [7, 11) is 0. The van der Waals surface area contributed by atoms with Crippen LogP contribution in [0.1, 0.15) is 37.4 Å². The zero-order valence-corrected chi connectivity index (χ0v) is 14.8. The summed E-state index contributed by atoms with van der Waals surface area (Å²) in [5, 5.41) is 3.98. The molecule has 5 rings (SSSR count). The molecule has 3 aromatic rings. The summed E-state index contributed by atoms with van der Waals surface area (Å²) < 4.78 is 0. The molecule has 2 bridgehead atoms. The van der Waals surface area contributed by atoms with Crippen molar-refractivity contribution in [3.05, 3.63) is 78.0 Å². The molecule has 124 valence electrons. The molecule has 0 radical (unpaired) electrons. The fraction of sp³-hybridized carbons (Fsp3) is 0.250. The Morgan fingerprint density at radius 3 is 2.56 bits per heavy atom. The lowest BCUT2D eigenvalue weighted by molar-refractivity contribution is 0.270. The van der Waals surface area contributed by atoms with Crippen LogP contribution in [0.15, 0.2) is 66.8 Å². The highest BCUT2D eigenvalue weighted by atomic mass is 14.7. The first-order valence-electron chi connectivity index (χ1n) is 9.20. The molecule has 0 saturated carbocycles. The minimum Gasteiger partial charge on any atom is -0.355 e. The van der Waals surface area contributed by atoms with E-state index in [9.17, 15) is 0 Å². The van der Waals surface area contributed by atoms with Crippen molar-refractivity contribution in [1.29, 1.82) is 0 Å². The molecule has 0 saturated heterocycles. The number of allylic oxidation sites excluding steroid dienone is 5. The van der Waals surface area contributed by atoms with Gasteiger partial charge in [-0.15, -0.1) is 0 Å². The van der Waals surface area contributed by atoms with Gasteiger partial charge in [-0.1, -0.05) is 68.5 Å². The van der Waals surface area contributed by atoms with E-state index in [4.69, 9.17) is 0 Å².